The summed E-state index contributed by atoms with van der Waals surface area (Å²) in [6.07, 6.45) is 4.96. The van der Waals surface area contributed by atoms with Crippen molar-refractivity contribution in [3.8, 4) is 6.07 Å². The molecule has 0 atom stereocenters. The Balaban J connectivity index is 2.10. The van der Waals surface area contributed by atoms with E-state index in [9.17, 15) is 0 Å². The van der Waals surface area contributed by atoms with E-state index < -0.39 is 0 Å². The van der Waals surface area contributed by atoms with E-state index in [1.165, 1.54) is 5.56 Å². The van der Waals surface area contributed by atoms with Gasteiger partial charge in [-0.05, 0) is 43.1 Å². The molecule has 0 fully saturated rings. The van der Waals surface area contributed by atoms with Crippen LogP contribution in [0.4, 0.5) is 0 Å². The minimum absolute atomic E-state index is 0.710. The summed E-state index contributed by atoms with van der Waals surface area (Å²) in [6.45, 7) is 6.78. The fourth-order valence-corrected chi connectivity index (χ4v) is 2.15. The third kappa shape index (κ3) is 3.46. The molecule has 0 amide bonds. The molecule has 104 valence electrons. The molecule has 0 saturated carbocycles. The first-order chi connectivity index (χ1) is 9.74. The van der Waals surface area contributed by atoms with Crippen LogP contribution in [0.2, 0.25) is 0 Å². The first-order valence-corrected chi connectivity index (χ1v) is 6.95. The lowest BCUT2D eigenvalue weighted by Crippen LogP contribution is -2.18. The zero-order valence-corrected chi connectivity index (χ0v) is 12.1. The van der Waals surface area contributed by atoms with Gasteiger partial charge in [0.1, 0.15) is 5.82 Å². The normalized spacial score (nSPS) is 10.4. The van der Waals surface area contributed by atoms with Gasteiger partial charge < -0.3 is 9.88 Å². The molecule has 1 heterocycles. The number of nitriles is 1. The summed E-state index contributed by atoms with van der Waals surface area (Å²) in [5.74, 6) is 1.04. The predicted molar refractivity (Wildman–Crippen MR) is 79.2 cm³/mol. The highest BCUT2D eigenvalue weighted by Crippen LogP contribution is 2.13. The van der Waals surface area contributed by atoms with Crippen LogP contribution in [0.3, 0.4) is 0 Å². The van der Waals surface area contributed by atoms with E-state index in [-0.39, 0.29) is 0 Å². The maximum atomic E-state index is 8.90. The van der Waals surface area contributed by atoms with Crippen molar-refractivity contribution in [3.05, 3.63) is 53.1 Å². The van der Waals surface area contributed by atoms with Crippen molar-refractivity contribution in [3.63, 3.8) is 0 Å². The number of rotatable bonds is 6. The van der Waals surface area contributed by atoms with Gasteiger partial charge >= 0.3 is 0 Å². The Labute approximate surface area is 120 Å². The third-order valence-corrected chi connectivity index (χ3v) is 3.32. The van der Waals surface area contributed by atoms with Gasteiger partial charge in [-0.25, -0.2) is 4.98 Å². The highest BCUT2D eigenvalue weighted by atomic mass is 15.1. The largest absolute Gasteiger partial charge is 0.329 e. The van der Waals surface area contributed by atoms with Gasteiger partial charge in [-0.15, -0.1) is 0 Å². The number of hydrogen-bond acceptors (Lipinski definition) is 3. The van der Waals surface area contributed by atoms with Crippen LogP contribution < -0.4 is 5.32 Å². The number of imidazole rings is 1. The molecule has 0 aliphatic heterocycles. The van der Waals surface area contributed by atoms with Crippen molar-refractivity contribution >= 4 is 0 Å². The van der Waals surface area contributed by atoms with Crippen LogP contribution in [-0.4, -0.2) is 16.1 Å². The second-order valence-electron chi connectivity index (χ2n) is 4.90. The molecule has 1 N–H and O–H groups in total. The van der Waals surface area contributed by atoms with Crippen molar-refractivity contribution in [1.82, 2.24) is 14.9 Å². The molecule has 0 spiro atoms. The summed E-state index contributed by atoms with van der Waals surface area (Å²) in [5, 5.41) is 12.3. The van der Waals surface area contributed by atoms with Gasteiger partial charge in [0.15, 0.2) is 0 Å². The monoisotopic (exact) mass is 268 g/mol. The molecule has 0 radical (unpaired) electrons. The van der Waals surface area contributed by atoms with Gasteiger partial charge in [0.25, 0.3) is 0 Å². The maximum Gasteiger partial charge on any atom is 0.122 e. The quantitative estimate of drug-likeness (QED) is 0.819. The molecule has 0 saturated heterocycles. The molecule has 0 bridgehead atoms. The summed E-state index contributed by atoms with van der Waals surface area (Å²) >= 11 is 0. The number of aromatic nitrogens is 2. The highest BCUT2D eigenvalue weighted by molar-refractivity contribution is 5.37. The molecule has 0 unspecified atom stereocenters. The predicted octanol–water partition coefficient (Wildman–Crippen LogP) is 2.61. The van der Waals surface area contributed by atoms with E-state index in [2.05, 4.69) is 27.9 Å². The molecule has 1 aromatic carbocycles. The first kappa shape index (κ1) is 14.3. The summed E-state index contributed by atoms with van der Waals surface area (Å²) < 4.78 is 2.15. The van der Waals surface area contributed by atoms with Crippen molar-refractivity contribution in [1.29, 1.82) is 5.26 Å². The van der Waals surface area contributed by atoms with Crippen LogP contribution in [0.1, 0.15) is 35.9 Å². The van der Waals surface area contributed by atoms with E-state index in [0.29, 0.717) is 5.56 Å². The Bertz CT molecular complexity index is 607. The highest BCUT2D eigenvalue weighted by Gasteiger charge is 2.05. The Morgan fingerprint density at radius 3 is 2.95 bits per heavy atom. The van der Waals surface area contributed by atoms with Crippen molar-refractivity contribution in [2.45, 2.75) is 33.4 Å². The van der Waals surface area contributed by atoms with Crippen LogP contribution >= 0.6 is 0 Å². The second kappa shape index (κ2) is 6.88. The molecular weight excluding hydrogens is 248 g/mol. The standard InChI is InChI=1S/C16H20N4/c1-3-6-18-11-16-19-7-8-20(16)12-15-5-4-14(10-17)9-13(15)2/h4-5,7-9,18H,3,6,11-12H2,1-2H3. The Morgan fingerprint density at radius 1 is 1.40 bits per heavy atom. The summed E-state index contributed by atoms with van der Waals surface area (Å²) in [7, 11) is 0. The van der Waals surface area contributed by atoms with E-state index in [4.69, 9.17) is 5.26 Å². The van der Waals surface area contributed by atoms with E-state index in [0.717, 1.165) is 37.4 Å². The van der Waals surface area contributed by atoms with Crippen molar-refractivity contribution < 1.29 is 0 Å². The maximum absolute atomic E-state index is 8.90. The first-order valence-electron chi connectivity index (χ1n) is 6.95. The SMILES string of the molecule is CCCNCc1nccn1Cc1ccc(C#N)cc1C. The van der Waals surface area contributed by atoms with Crippen molar-refractivity contribution in [2.24, 2.45) is 0 Å². The van der Waals surface area contributed by atoms with Crippen LogP contribution in [0, 0.1) is 18.3 Å². The average molecular weight is 268 g/mol. The van der Waals surface area contributed by atoms with E-state index >= 15 is 0 Å². The Morgan fingerprint density at radius 2 is 2.25 bits per heavy atom. The Hall–Kier alpha value is -2.12. The molecule has 20 heavy (non-hydrogen) atoms. The number of nitrogens with zero attached hydrogens (tertiary/aromatic N) is 3. The molecule has 0 aliphatic rings. The van der Waals surface area contributed by atoms with Gasteiger partial charge in [0, 0.05) is 18.9 Å². The Kier molecular flexibility index (Phi) is 4.91. The fourth-order valence-electron chi connectivity index (χ4n) is 2.15. The number of nitrogens with one attached hydrogen (secondary N) is 1. The molecule has 2 aromatic rings. The van der Waals surface area contributed by atoms with Gasteiger partial charge in [-0.3, -0.25) is 0 Å². The number of hydrogen-bond donors (Lipinski definition) is 1. The average Bonchev–Trinajstić information content (AvgIpc) is 2.89. The fraction of sp³-hybridized carbons (Fsp3) is 0.375. The van der Waals surface area contributed by atoms with Crippen LogP contribution in [0.5, 0.6) is 0 Å². The van der Waals surface area contributed by atoms with Gasteiger partial charge in [-0.2, -0.15) is 5.26 Å². The van der Waals surface area contributed by atoms with Crippen LogP contribution in [-0.2, 0) is 13.1 Å². The molecule has 4 nitrogen and oxygen atoms in total. The number of aryl methyl sites for hydroxylation is 1. The summed E-state index contributed by atoms with van der Waals surface area (Å²) in [4.78, 5) is 4.40. The summed E-state index contributed by atoms with van der Waals surface area (Å²) in [6, 6.07) is 8.00. The lowest BCUT2D eigenvalue weighted by atomic mass is 10.1. The third-order valence-electron chi connectivity index (χ3n) is 3.32. The van der Waals surface area contributed by atoms with Gasteiger partial charge in [-0.1, -0.05) is 13.0 Å². The lowest BCUT2D eigenvalue weighted by Gasteiger charge is -2.11. The summed E-state index contributed by atoms with van der Waals surface area (Å²) in [5.41, 5.74) is 3.07. The van der Waals surface area contributed by atoms with E-state index in [1.54, 1.807) is 0 Å². The van der Waals surface area contributed by atoms with Crippen LogP contribution in [0.25, 0.3) is 0 Å². The second-order valence-corrected chi connectivity index (χ2v) is 4.90. The zero-order chi connectivity index (χ0) is 14.4. The molecule has 2 rings (SSSR count). The smallest absolute Gasteiger partial charge is 0.122 e. The number of benzene rings is 1. The van der Waals surface area contributed by atoms with Gasteiger partial charge in [0.2, 0.25) is 0 Å². The van der Waals surface area contributed by atoms with Crippen LogP contribution in [0.15, 0.2) is 30.6 Å². The molecule has 0 aliphatic carbocycles. The molecular formula is C16H20N4. The van der Waals surface area contributed by atoms with Gasteiger partial charge in [0.05, 0.1) is 18.2 Å². The molecule has 4 heteroatoms. The van der Waals surface area contributed by atoms with Crippen molar-refractivity contribution in [2.75, 3.05) is 6.54 Å². The zero-order valence-electron chi connectivity index (χ0n) is 12.1. The topological polar surface area (TPSA) is 53.6 Å². The minimum Gasteiger partial charge on any atom is -0.329 e. The van der Waals surface area contributed by atoms with E-state index in [1.807, 2.05) is 37.5 Å². The lowest BCUT2D eigenvalue weighted by molar-refractivity contribution is 0.615. The minimum atomic E-state index is 0.710. The molecule has 1 aromatic heterocycles.